The monoisotopic (exact) mass is 290 g/mol. The fourth-order valence-electron chi connectivity index (χ4n) is 2.52. The van der Waals surface area contributed by atoms with Gasteiger partial charge in [0, 0.05) is 25.5 Å². The summed E-state index contributed by atoms with van der Waals surface area (Å²) < 4.78 is 19.9. The maximum Gasteiger partial charge on any atom is 0.270 e. The molecule has 6 heteroatoms. The topological polar surface area (TPSA) is 51.5 Å². The van der Waals surface area contributed by atoms with E-state index in [0.717, 1.165) is 0 Å². The molecule has 0 spiro atoms. The third-order valence-electron chi connectivity index (χ3n) is 3.72. The highest BCUT2D eigenvalue weighted by Gasteiger charge is 2.21. The minimum absolute atomic E-state index is 0.232. The molecule has 1 aromatic heterocycles. The molecule has 1 amide bonds. The number of nitrogens with zero attached hydrogens (tertiary/aromatic N) is 2. The highest BCUT2D eigenvalue weighted by Crippen LogP contribution is 2.15. The van der Waals surface area contributed by atoms with Crippen LogP contribution in [0.2, 0.25) is 0 Å². The number of fused-ring (bicyclic) bond motifs is 1. The van der Waals surface area contributed by atoms with Gasteiger partial charge in [-0.3, -0.25) is 9.59 Å². The van der Waals surface area contributed by atoms with Crippen molar-refractivity contribution in [3.8, 4) is 0 Å². The first-order valence-electron chi connectivity index (χ1n) is 6.74. The number of ether oxygens (including phenoxy) is 1. The van der Waals surface area contributed by atoms with E-state index >= 15 is 0 Å². The molecular weight excluding hydrogens is 275 g/mol. The lowest BCUT2D eigenvalue weighted by Gasteiger charge is -2.27. The number of rotatable bonds is 1. The number of hydrogen-bond acceptors (Lipinski definition) is 3. The summed E-state index contributed by atoms with van der Waals surface area (Å²) in [5, 5.41) is 0.840. The van der Waals surface area contributed by atoms with Gasteiger partial charge in [0.2, 0.25) is 0 Å². The van der Waals surface area contributed by atoms with Crippen LogP contribution in [0, 0.1) is 5.82 Å². The predicted molar refractivity (Wildman–Crippen MR) is 75.9 cm³/mol. The zero-order chi connectivity index (χ0) is 15.0. The summed E-state index contributed by atoms with van der Waals surface area (Å²) in [6, 6.07) is 5.52. The van der Waals surface area contributed by atoms with E-state index in [1.165, 1.54) is 22.8 Å². The molecule has 0 unspecified atom stereocenters. The maximum absolute atomic E-state index is 13.3. The van der Waals surface area contributed by atoms with Crippen molar-refractivity contribution in [1.29, 1.82) is 0 Å². The molecule has 0 saturated carbocycles. The molecule has 1 fully saturated rings. The van der Waals surface area contributed by atoms with Crippen LogP contribution in [0.4, 0.5) is 4.39 Å². The third-order valence-corrected chi connectivity index (χ3v) is 3.72. The first kappa shape index (κ1) is 13.8. The second kappa shape index (κ2) is 5.29. The van der Waals surface area contributed by atoms with Crippen molar-refractivity contribution in [2.24, 2.45) is 7.05 Å². The molecule has 1 aliphatic heterocycles. The molecule has 0 atom stereocenters. The van der Waals surface area contributed by atoms with Crippen molar-refractivity contribution in [1.82, 2.24) is 9.47 Å². The van der Waals surface area contributed by atoms with Gasteiger partial charge in [-0.15, -0.1) is 0 Å². The lowest BCUT2D eigenvalue weighted by atomic mass is 10.1. The first-order chi connectivity index (χ1) is 10.1. The Morgan fingerprint density at radius 1 is 1.24 bits per heavy atom. The minimum Gasteiger partial charge on any atom is -0.378 e. The van der Waals surface area contributed by atoms with E-state index in [-0.39, 0.29) is 17.2 Å². The molecule has 21 heavy (non-hydrogen) atoms. The Hall–Kier alpha value is -2.21. The van der Waals surface area contributed by atoms with Crippen LogP contribution in [0.3, 0.4) is 0 Å². The zero-order valence-electron chi connectivity index (χ0n) is 11.6. The third kappa shape index (κ3) is 2.42. The van der Waals surface area contributed by atoms with Gasteiger partial charge in [0.25, 0.3) is 11.5 Å². The Kier molecular flexibility index (Phi) is 3.47. The highest BCUT2D eigenvalue weighted by atomic mass is 19.1. The molecule has 3 rings (SSSR count). The van der Waals surface area contributed by atoms with Gasteiger partial charge in [0.1, 0.15) is 11.5 Å². The fourth-order valence-corrected chi connectivity index (χ4v) is 2.52. The second-order valence-corrected chi connectivity index (χ2v) is 5.03. The number of carbonyl (C=O) groups is 1. The lowest BCUT2D eigenvalue weighted by molar-refractivity contribution is 0.0296. The summed E-state index contributed by atoms with van der Waals surface area (Å²) in [5.41, 5.74) is -0.0379. The van der Waals surface area contributed by atoms with Crippen molar-refractivity contribution in [3.63, 3.8) is 0 Å². The van der Waals surface area contributed by atoms with Crippen LogP contribution >= 0.6 is 0 Å². The average molecular weight is 290 g/mol. The summed E-state index contributed by atoms with van der Waals surface area (Å²) >= 11 is 0. The molecule has 1 aliphatic rings. The standard InChI is InChI=1S/C15H15FN2O3/c1-17-13(15(20)18-4-6-21-7-5-18)9-10-8-11(16)2-3-12(10)14(17)19/h2-3,8-9H,4-7H2,1H3. The molecule has 0 N–H and O–H groups in total. The van der Waals surface area contributed by atoms with Gasteiger partial charge in [-0.1, -0.05) is 0 Å². The van der Waals surface area contributed by atoms with Gasteiger partial charge in [-0.05, 0) is 29.7 Å². The normalized spacial score (nSPS) is 15.4. The van der Waals surface area contributed by atoms with E-state index in [1.54, 1.807) is 18.0 Å². The van der Waals surface area contributed by atoms with Crippen LogP contribution in [0.5, 0.6) is 0 Å². The highest BCUT2D eigenvalue weighted by molar-refractivity contribution is 5.96. The van der Waals surface area contributed by atoms with Gasteiger partial charge in [0.05, 0.1) is 13.2 Å². The van der Waals surface area contributed by atoms with E-state index in [2.05, 4.69) is 0 Å². The molecule has 2 heterocycles. The number of amides is 1. The Bertz CT molecular complexity index is 763. The number of halogens is 1. The smallest absolute Gasteiger partial charge is 0.270 e. The number of aromatic nitrogens is 1. The van der Waals surface area contributed by atoms with Crippen molar-refractivity contribution in [2.45, 2.75) is 0 Å². The van der Waals surface area contributed by atoms with E-state index in [1.807, 2.05) is 0 Å². The van der Waals surface area contributed by atoms with Gasteiger partial charge in [0.15, 0.2) is 0 Å². The largest absolute Gasteiger partial charge is 0.378 e. The Labute approximate surface area is 120 Å². The number of benzene rings is 1. The molecule has 0 bridgehead atoms. The number of pyridine rings is 1. The molecule has 0 radical (unpaired) electrons. The van der Waals surface area contributed by atoms with Crippen LogP contribution in [-0.4, -0.2) is 41.7 Å². The predicted octanol–water partition coefficient (Wildman–Crippen LogP) is 1.15. The quantitative estimate of drug-likeness (QED) is 0.791. The van der Waals surface area contributed by atoms with Crippen LogP contribution in [0.15, 0.2) is 29.1 Å². The van der Waals surface area contributed by atoms with Crippen molar-refractivity contribution >= 4 is 16.7 Å². The van der Waals surface area contributed by atoms with Crippen LogP contribution in [0.1, 0.15) is 10.5 Å². The van der Waals surface area contributed by atoms with E-state index in [0.29, 0.717) is 37.1 Å². The van der Waals surface area contributed by atoms with Crippen molar-refractivity contribution in [3.05, 3.63) is 46.1 Å². The number of carbonyl (C=O) groups excluding carboxylic acids is 1. The Morgan fingerprint density at radius 2 is 1.95 bits per heavy atom. The molecule has 0 aliphatic carbocycles. The SMILES string of the molecule is Cn1c(C(=O)N2CCOCC2)cc2cc(F)ccc2c1=O. The minimum atomic E-state index is -0.430. The Morgan fingerprint density at radius 3 is 2.67 bits per heavy atom. The lowest BCUT2D eigenvalue weighted by Crippen LogP contribution is -2.42. The van der Waals surface area contributed by atoms with Gasteiger partial charge in [-0.25, -0.2) is 4.39 Å². The summed E-state index contributed by atoms with van der Waals surface area (Å²) in [4.78, 5) is 26.5. The fraction of sp³-hybridized carbons (Fsp3) is 0.333. The summed E-state index contributed by atoms with van der Waals surface area (Å²) in [6.45, 7) is 1.96. The second-order valence-electron chi connectivity index (χ2n) is 5.03. The molecule has 1 saturated heterocycles. The maximum atomic E-state index is 13.3. The van der Waals surface area contributed by atoms with E-state index in [4.69, 9.17) is 4.74 Å². The van der Waals surface area contributed by atoms with E-state index in [9.17, 15) is 14.0 Å². The van der Waals surface area contributed by atoms with Gasteiger partial charge in [-0.2, -0.15) is 0 Å². The first-order valence-corrected chi connectivity index (χ1v) is 6.74. The van der Waals surface area contributed by atoms with Crippen LogP contribution < -0.4 is 5.56 Å². The number of morpholine rings is 1. The van der Waals surface area contributed by atoms with E-state index < -0.39 is 5.82 Å². The van der Waals surface area contributed by atoms with Crippen molar-refractivity contribution in [2.75, 3.05) is 26.3 Å². The Balaban J connectivity index is 2.11. The van der Waals surface area contributed by atoms with Gasteiger partial charge >= 0.3 is 0 Å². The average Bonchev–Trinajstić information content (AvgIpc) is 2.51. The van der Waals surface area contributed by atoms with Crippen LogP contribution in [0.25, 0.3) is 10.8 Å². The van der Waals surface area contributed by atoms with Gasteiger partial charge < -0.3 is 14.2 Å². The van der Waals surface area contributed by atoms with Crippen molar-refractivity contribution < 1.29 is 13.9 Å². The summed E-state index contributed by atoms with van der Waals surface area (Å²) in [7, 11) is 1.55. The summed E-state index contributed by atoms with van der Waals surface area (Å²) in [6.07, 6.45) is 0. The number of hydrogen-bond donors (Lipinski definition) is 0. The molecule has 2 aromatic rings. The molecule has 110 valence electrons. The zero-order valence-corrected chi connectivity index (χ0v) is 11.6. The molecule has 5 nitrogen and oxygen atoms in total. The summed E-state index contributed by atoms with van der Waals surface area (Å²) in [5.74, 6) is -0.662. The molecular formula is C15H15FN2O3. The molecule has 1 aromatic carbocycles. The van der Waals surface area contributed by atoms with Crippen LogP contribution in [-0.2, 0) is 11.8 Å².